The third kappa shape index (κ3) is 3.74. The monoisotopic (exact) mass is 476 g/mol. The molecule has 180 valence electrons. The van der Waals surface area contributed by atoms with Crippen LogP contribution in [0.25, 0.3) is 33.0 Å². The van der Waals surface area contributed by atoms with Crippen LogP contribution in [0.5, 0.6) is 0 Å². The van der Waals surface area contributed by atoms with E-state index in [1.54, 1.807) is 13.8 Å². The summed E-state index contributed by atoms with van der Waals surface area (Å²) in [5.74, 6) is -0.675. The molecule has 4 heteroatoms. The lowest BCUT2D eigenvalue weighted by molar-refractivity contribution is -0.159. The Hall–Kier alpha value is -4.05. The Morgan fingerprint density at radius 2 is 1.28 bits per heavy atom. The second kappa shape index (κ2) is 9.19. The van der Waals surface area contributed by atoms with Gasteiger partial charge in [0.15, 0.2) is 5.78 Å². The van der Waals surface area contributed by atoms with Crippen molar-refractivity contribution >= 4 is 28.3 Å². The van der Waals surface area contributed by atoms with E-state index in [0.717, 1.165) is 44.2 Å². The Balaban J connectivity index is 1.93. The quantitative estimate of drug-likeness (QED) is 0.178. The lowest BCUT2D eigenvalue weighted by atomic mass is 9.80. The summed E-state index contributed by atoms with van der Waals surface area (Å²) in [5.41, 5.74) is 5.28. The Labute approximate surface area is 210 Å². The van der Waals surface area contributed by atoms with E-state index in [9.17, 15) is 14.4 Å². The summed E-state index contributed by atoms with van der Waals surface area (Å²) in [4.78, 5) is 38.8. The van der Waals surface area contributed by atoms with E-state index in [1.165, 1.54) is 6.92 Å². The highest BCUT2D eigenvalue weighted by molar-refractivity contribution is 6.13. The summed E-state index contributed by atoms with van der Waals surface area (Å²) in [6, 6.07) is 25.8. The summed E-state index contributed by atoms with van der Waals surface area (Å²) >= 11 is 0. The van der Waals surface area contributed by atoms with Crippen LogP contribution >= 0.6 is 0 Å². The summed E-state index contributed by atoms with van der Waals surface area (Å²) in [6.45, 7) is 5.03. The topological polar surface area (TPSA) is 60.4 Å². The van der Waals surface area contributed by atoms with Crippen LogP contribution in [0.4, 0.5) is 0 Å². The van der Waals surface area contributed by atoms with Gasteiger partial charge < -0.3 is 4.74 Å². The number of esters is 1. The number of hydrogen-bond acceptors (Lipinski definition) is 4. The molecule has 1 atom stereocenters. The lowest BCUT2D eigenvalue weighted by Gasteiger charge is -2.23. The average Bonchev–Trinajstić information content (AvgIpc) is 3.29. The Kier molecular flexibility index (Phi) is 6.05. The summed E-state index contributed by atoms with van der Waals surface area (Å²) in [6.07, 6.45) is 0.547. The van der Waals surface area contributed by atoms with Gasteiger partial charge in [0.2, 0.25) is 0 Å². The number of rotatable bonds is 6. The summed E-state index contributed by atoms with van der Waals surface area (Å²) in [7, 11) is 0. The fraction of sp³-hybridized carbons (Fsp3) is 0.219. The molecule has 4 aromatic carbocycles. The van der Waals surface area contributed by atoms with E-state index < -0.39 is 11.4 Å². The van der Waals surface area contributed by atoms with Gasteiger partial charge in [-0.3, -0.25) is 14.4 Å². The number of fused-ring (bicyclic) bond motifs is 2. The van der Waals surface area contributed by atoms with E-state index in [4.69, 9.17) is 4.74 Å². The number of ether oxygens (including phenoxy) is 1. The Morgan fingerprint density at radius 1 is 0.750 bits per heavy atom. The molecule has 0 fully saturated rings. The molecule has 0 spiro atoms. The van der Waals surface area contributed by atoms with Gasteiger partial charge in [-0.05, 0) is 83.8 Å². The fourth-order valence-electron chi connectivity index (χ4n) is 5.55. The fourth-order valence-corrected chi connectivity index (χ4v) is 5.55. The van der Waals surface area contributed by atoms with E-state index in [1.807, 2.05) is 78.9 Å². The molecule has 0 aromatic heterocycles. The number of benzene rings is 4. The van der Waals surface area contributed by atoms with Crippen molar-refractivity contribution in [3.8, 4) is 22.3 Å². The minimum absolute atomic E-state index is 0.0118. The van der Waals surface area contributed by atoms with Crippen molar-refractivity contribution in [3.63, 3.8) is 0 Å². The first-order chi connectivity index (χ1) is 17.4. The molecule has 4 nitrogen and oxygen atoms in total. The highest BCUT2D eigenvalue weighted by Gasteiger charge is 2.51. The van der Waals surface area contributed by atoms with Crippen molar-refractivity contribution in [1.29, 1.82) is 0 Å². The predicted molar refractivity (Wildman–Crippen MR) is 142 cm³/mol. The number of hydrogen-bond donors (Lipinski definition) is 0. The van der Waals surface area contributed by atoms with Crippen LogP contribution < -0.4 is 0 Å². The molecule has 0 amide bonds. The zero-order valence-corrected chi connectivity index (χ0v) is 20.8. The van der Waals surface area contributed by atoms with Gasteiger partial charge in [0.25, 0.3) is 0 Å². The van der Waals surface area contributed by atoms with Crippen molar-refractivity contribution in [1.82, 2.24) is 0 Å². The van der Waals surface area contributed by atoms with Crippen molar-refractivity contribution in [3.05, 3.63) is 95.6 Å². The maximum atomic E-state index is 13.3. The molecule has 0 aliphatic heterocycles. The summed E-state index contributed by atoms with van der Waals surface area (Å²) in [5, 5.41) is 1.93. The van der Waals surface area contributed by atoms with Crippen LogP contribution in [0.2, 0.25) is 0 Å². The number of carbonyl (C=O) groups excluding carboxylic acids is 3. The minimum atomic E-state index is -1.27. The van der Waals surface area contributed by atoms with Gasteiger partial charge in [-0.1, -0.05) is 72.8 Å². The van der Waals surface area contributed by atoms with Crippen LogP contribution in [-0.4, -0.2) is 24.1 Å². The number of ketones is 2. The zero-order chi connectivity index (χ0) is 25.4. The van der Waals surface area contributed by atoms with Gasteiger partial charge in [0.05, 0.1) is 6.61 Å². The molecule has 5 rings (SSSR count). The first kappa shape index (κ1) is 23.7. The van der Waals surface area contributed by atoms with Gasteiger partial charge in [-0.2, -0.15) is 0 Å². The van der Waals surface area contributed by atoms with Crippen molar-refractivity contribution < 1.29 is 19.1 Å². The normalized spacial score (nSPS) is 16.5. The predicted octanol–water partition coefficient (Wildman–Crippen LogP) is 6.61. The molecule has 0 heterocycles. The first-order valence-electron chi connectivity index (χ1n) is 12.3. The second-order valence-electron chi connectivity index (χ2n) is 9.47. The van der Waals surface area contributed by atoms with Gasteiger partial charge in [0.1, 0.15) is 11.2 Å². The Bertz CT molecular complexity index is 1500. The van der Waals surface area contributed by atoms with Crippen molar-refractivity contribution in [2.45, 2.75) is 33.6 Å². The average molecular weight is 477 g/mol. The van der Waals surface area contributed by atoms with Crippen LogP contribution in [0.15, 0.2) is 78.9 Å². The van der Waals surface area contributed by atoms with Gasteiger partial charge in [-0.25, -0.2) is 0 Å². The summed E-state index contributed by atoms with van der Waals surface area (Å²) < 4.78 is 5.46. The third-order valence-electron chi connectivity index (χ3n) is 7.35. The standard InChI is InChI=1S/C32H28O4/c1-4-36-31(35)32(21(3)34)18-27-28(19-32)30(23-13-9-6-10-14-23)26-17-24(20(2)33)15-16-25(26)29(27)22-11-7-5-8-12-22/h5-17H,4,18-19H2,1-3H3. The van der Waals surface area contributed by atoms with Gasteiger partial charge >= 0.3 is 5.97 Å². The maximum absolute atomic E-state index is 13.3. The van der Waals surface area contributed by atoms with Crippen LogP contribution in [-0.2, 0) is 27.2 Å². The molecule has 1 aliphatic rings. The molecular weight excluding hydrogens is 448 g/mol. The van der Waals surface area contributed by atoms with Gasteiger partial charge in [0, 0.05) is 5.56 Å². The van der Waals surface area contributed by atoms with Crippen LogP contribution in [0.1, 0.15) is 42.3 Å². The van der Waals surface area contributed by atoms with Crippen molar-refractivity contribution in [2.75, 3.05) is 6.61 Å². The lowest BCUT2D eigenvalue weighted by Crippen LogP contribution is -2.40. The highest BCUT2D eigenvalue weighted by atomic mass is 16.5. The van der Waals surface area contributed by atoms with Crippen LogP contribution in [0, 0.1) is 5.41 Å². The Morgan fingerprint density at radius 3 is 1.75 bits per heavy atom. The highest BCUT2D eigenvalue weighted by Crippen LogP contribution is 2.51. The van der Waals surface area contributed by atoms with Gasteiger partial charge in [-0.15, -0.1) is 0 Å². The molecule has 1 aliphatic carbocycles. The maximum Gasteiger partial charge on any atom is 0.320 e. The molecule has 4 aromatic rings. The molecule has 0 radical (unpaired) electrons. The smallest absolute Gasteiger partial charge is 0.320 e. The second-order valence-corrected chi connectivity index (χ2v) is 9.47. The zero-order valence-electron chi connectivity index (χ0n) is 20.8. The minimum Gasteiger partial charge on any atom is -0.465 e. The van der Waals surface area contributed by atoms with Crippen LogP contribution in [0.3, 0.4) is 0 Å². The molecule has 0 saturated carbocycles. The van der Waals surface area contributed by atoms with E-state index in [-0.39, 0.29) is 31.0 Å². The SMILES string of the molecule is CCOC(=O)C1(C(C)=O)Cc2c(c(-c3ccccc3)c3cc(C(C)=O)ccc3c2-c2ccccc2)C1. The molecule has 0 N–H and O–H groups in total. The molecular formula is C32H28O4. The number of carbonyl (C=O) groups is 3. The molecule has 36 heavy (non-hydrogen) atoms. The molecule has 0 saturated heterocycles. The van der Waals surface area contributed by atoms with E-state index in [2.05, 4.69) is 0 Å². The third-order valence-corrected chi connectivity index (χ3v) is 7.35. The molecule has 1 unspecified atom stereocenters. The van der Waals surface area contributed by atoms with Crippen molar-refractivity contribution in [2.24, 2.45) is 5.41 Å². The van der Waals surface area contributed by atoms with E-state index in [0.29, 0.717) is 5.56 Å². The largest absolute Gasteiger partial charge is 0.465 e. The molecule has 0 bridgehead atoms. The number of Topliss-reactive ketones (excluding diaryl/α,β-unsaturated/α-hetero) is 2. The first-order valence-corrected chi connectivity index (χ1v) is 12.3. The van der Waals surface area contributed by atoms with E-state index >= 15 is 0 Å².